The standard InChI is InChI=1S/C27H28Cl3N3O4S/c1-4-31-27(35)19(3)32(16-21-23(29)13-8-14-24(21)30)26(34)17-33(25-15-9-12-22(28)18(25)2)38(36,37)20-10-6-5-7-11-20/h5-15,19H,4,16-17H2,1-3H3,(H,31,35). The number of amides is 2. The number of sulfonamides is 1. The number of carbonyl (C=O) groups is 2. The molecule has 0 heterocycles. The predicted octanol–water partition coefficient (Wildman–Crippen LogP) is 5.70. The van der Waals surface area contributed by atoms with Crippen molar-refractivity contribution in [3.05, 3.63) is 92.9 Å². The van der Waals surface area contributed by atoms with Gasteiger partial charge in [-0.3, -0.25) is 13.9 Å². The highest BCUT2D eigenvalue weighted by Gasteiger charge is 2.33. The Morgan fingerprint density at radius 3 is 2.08 bits per heavy atom. The van der Waals surface area contributed by atoms with Crippen LogP contribution in [0.3, 0.4) is 0 Å². The monoisotopic (exact) mass is 595 g/mol. The van der Waals surface area contributed by atoms with Crippen LogP contribution in [-0.4, -0.2) is 44.3 Å². The summed E-state index contributed by atoms with van der Waals surface area (Å²) in [5.41, 5.74) is 1.17. The summed E-state index contributed by atoms with van der Waals surface area (Å²) in [5.74, 6) is -1.03. The van der Waals surface area contributed by atoms with E-state index in [1.54, 1.807) is 75.4 Å². The molecule has 38 heavy (non-hydrogen) atoms. The molecule has 3 aromatic carbocycles. The van der Waals surface area contributed by atoms with Crippen LogP contribution in [0.4, 0.5) is 5.69 Å². The maximum Gasteiger partial charge on any atom is 0.264 e. The highest BCUT2D eigenvalue weighted by atomic mass is 35.5. The van der Waals surface area contributed by atoms with Gasteiger partial charge in [-0.15, -0.1) is 0 Å². The van der Waals surface area contributed by atoms with E-state index in [1.807, 2.05) is 0 Å². The quantitative estimate of drug-likeness (QED) is 0.325. The molecular weight excluding hydrogens is 569 g/mol. The summed E-state index contributed by atoms with van der Waals surface area (Å²) in [7, 11) is -4.19. The Labute approximate surface area is 238 Å². The Hall–Kier alpha value is -2.78. The molecule has 0 aliphatic heterocycles. The first-order valence-electron chi connectivity index (χ1n) is 11.8. The highest BCUT2D eigenvalue weighted by molar-refractivity contribution is 7.92. The lowest BCUT2D eigenvalue weighted by Crippen LogP contribution is -2.51. The molecule has 3 aromatic rings. The van der Waals surface area contributed by atoms with Gasteiger partial charge in [-0.05, 0) is 62.7 Å². The lowest BCUT2D eigenvalue weighted by molar-refractivity contribution is -0.139. The number of likely N-dealkylation sites (N-methyl/N-ethyl adjacent to an activating group) is 1. The molecule has 0 saturated heterocycles. The van der Waals surface area contributed by atoms with Crippen LogP contribution in [0.2, 0.25) is 15.1 Å². The van der Waals surface area contributed by atoms with E-state index in [1.165, 1.54) is 17.0 Å². The van der Waals surface area contributed by atoms with Crippen molar-refractivity contribution in [3.63, 3.8) is 0 Å². The molecular formula is C27H28Cl3N3O4S. The van der Waals surface area contributed by atoms with Crippen LogP contribution in [0.5, 0.6) is 0 Å². The first kappa shape index (κ1) is 29.8. The molecule has 7 nitrogen and oxygen atoms in total. The van der Waals surface area contributed by atoms with Crippen molar-refractivity contribution < 1.29 is 18.0 Å². The van der Waals surface area contributed by atoms with Crippen LogP contribution >= 0.6 is 34.8 Å². The molecule has 1 unspecified atom stereocenters. The Morgan fingerprint density at radius 2 is 1.47 bits per heavy atom. The van der Waals surface area contributed by atoms with Gasteiger partial charge >= 0.3 is 0 Å². The third kappa shape index (κ3) is 6.61. The number of hydrogen-bond donors (Lipinski definition) is 1. The Morgan fingerprint density at radius 1 is 0.895 bits per heavy atom. The van der Waals surface area contributed by atoms with E-state index in [2.05, 4.69) is 5.32 Å². The zero-order valence-corrected chi connectivity index (χ0v) is 24.2. The first-order valence-corrected chi connectivity index (χ1v) is 14.4. The summed E-state index contributed by atoms with van der Waals surface area (Å²) in [4.78, 5) is 28.0. The van der Waals surface area contributed by atoms with Crippen molar-refractivity contribution >= 4 is 62.3 Å². The van der Waals surface area contributed by atoms with E-state index >= 15 is 0 Å². The minimum Gasteiger partial charge on any atom is -0.355 e. The van der Waals surface area contributed by atoms with E-state index < -0.39 is 34.4 Å². The van der Waals surface area contributed by atoms with Crippen LogP contribution in [0.25, 0.3) is 0 Å². The van der Waals surface area contributed by atoms with Crippen LogP contribution in [0.1, 0.15) is 25.0 Å². The number of nitrogens with zero attached hydrogens (tertiary/aromatic N) is 2. The van der Waals surface area contributed by atoms with Gasteiger partial charge in [0.25, 0.3) is 10.0 Å². The van der Waals surface area contributed by atoms with Crippen LogP contribution < -0.4 is 9.62 Å². The summed E-state index contributed by atoms with van der Waals surface area (Å²) < 4.78 is 28.6. The predicted molar refractivity (Wildman–Crippen MR) is 152 cm³/mol. The molecule has 1 N–H and O–H groups in total. The van der Waals surface area contributed by atoms with Crippen LogP contribution in [-0.2, 0) is 26.2 Å². The van der Waals surface area contributed by atoms with Gasteiger partial charge in [0.15, 0.2) is 0 Å². The zero-order valence-electron chi connectivity index (χ0n) is 21.1. The van der Waals surface area contributed by atoms with E-state index in [0.717, 1.165) is 4.31 Å². The second-order valence-electron chi connectivity index (χ2n) is 8.50. The highest BCUT2D eigenvalue weighted by Crippen LogP contribution is 2.32. The molecule has 0 aliphatic rings. The summed E-state index contributed by atoms with van der Waals surface area (Å²) in [6.45, 7) is 4.66. The third-order valence-electron chi connectivity index (χ3n) is 6.03. The Bertz CT molecular complexity index is 1400. The van der Waals surface area contributed by atoms with Gasteiger partial charge in [0.2, 0.25) is 11.8 Å². The van der Waals surface area contributed by atoms with Crippen molar-refractivity contribution in [1.82, 2.24) is 10.2 Å². The van der Waals surface area contributed by atoms with Gasteiger partial charge in [-0.25, -0.2) is 8.42 Å². The molecule has 0 aliphatic carbocycles. The van der Waals surface area contributed by atoms with Gasteiger partial charge < -0.3 is 10.2 Å². The molecule has 0 bridgehead atoms. The zero-order chi connectivity index (χ0) is 28.0. The van der Waals surface area contributed by atoms with Gasteiger partial charge in [0.1, 0.15) is 12.6 Å². The van der Waals surface area contributed by atoms with Gasteiger partial charge in [-0.2, -0.15) is 0 Å². The molecule has 202 valence electrons. The first-order chi connectivity index (χ1) is 18.0. The summed E-state index contributed by atoms with van der Waals surface area (Å²) >= 11 is 19.1. The Kier molecular flexibility index (Phi) is 10.1. The maximum absolute atomic E-state index is 13.9. The van der Waals surface area contributed by atoms with E-state index in [4.69, 9.17) is 34.8 Å². The van der Waals surface area contributed by atoms with Gasteiger partial charge in [0.05, 0.1) is 10.6 Å². The average molecular weight is 597 g/mol. The largest absolute Gasteiger partial charge is 0.355 e. The number of benzene rings is 3. The van der Waals surface area contributed by atoms with E-state index in [0.29, 0.717) is 32.7 Å². The van der Waals surface area contributed by atoms with E-state index in [-0.39, 0.29) is 17.1 Å². The van der Waals surface area contributed by atoms with Crippen molar-refractivity contribution in [3.8, 4) is 0 Å². The van der Waals surface area contributed by atoms with Gasteiger partial charge in [0, 0.05) is 33.7 Å². The summed E-state index contributed by atoms with van der Waals surface area (Å²) in [5, 5.41) is 3.69. The SMILES string of the molecule is CCNC(=O)C(C)N(Cc1c(Cl)cccc1Cl)C(=O)CN(c1cccc(Cl)c1C)S(=O)(=O)c1ccccc1. The molecule has 0 fully saturated rings. The fraction of sp³-hybridized carbons (Fsp3) is 0.259. The average Bonchev–Trinajstić information content (AvgIpc) is 2.89. The van der Waals surface area contributed by atoms with Crippen molar-refractivity contribution in [2.24, 2.45) is 0 Å². The Balaban J connectivity index is 2.10. The minimum absolute atomic E-state index is 0.00430. The molecule has 2 amide bonds. The molecule has 3 rings (SSSR count). The number of carbonyl (C=O) groups excluding carboxylic acids is 2. The van der Waals surface area contributed by atoms with Crippen molar-refractivity contribution in [1.29, 1.82) is 0 Å². The fourth-order valence-corrected chi connectivity index (χ4v) is 6.04. The molecule has 11 heteroatoms. The normalized spacial score (nSPS) is 12.1. The molecule has 0 spiro atoms. The van der Waals surface area contributed by atoms with Crippen molar-refractivity contribution in [2.75, 3.05) is 17.4 Å². The number of halogens is 3. The molecule has 0 radical (unpaired) electrons. The van der Waals surface area contributed by atoms with E-state index in [9.17, 15) is 18.0 Å². The molecule has 0 aromatic heterocycles. The summed E-state index contributed by atoms with van der Waals surface area (Å²) in [6.07, 6.45) is 0. The third-order valence-corrected chi connectivity index (χ3v) is 8.92. The number of nitrogens with one attached hydrogen (secondary N) is 1. The second kappa shape index (κ2) is 12.8. The lowest BCUT2D eigenvalue weighted by atomic mass is 10.1. The second-order valence-corrected chi connectivity index (χ2v) is 11.6. The summed E-state index contributed by atoms with van der Waals surface area (Å²) in [6, 6.07) is 16.6. The van der Waals surface area contributed by atoms with Crippen LogP contribution in [0.15, 0.2) is 71.6 Å². The van der Waals surface area contributed by atoms with Gasteiger partial charge in [-0.1, -0.05) is 65.1 Å². The maximum atomic E-state index is 13.9. The molecule has 0 saturated carbocycles. The lowest BCUT2D eigenvalue weighted by Gasteiger charge is -2.32. The topological polar surface area (TPSA) is 86.8 Å². The molecule has 1 atom stereocenters. The fourth-order valence-electron chi connectivity index (χ4n) is 3.86. The van der Waals surface area contributed by atoms with Crippen molar-refractivity contribution in [2.45, 2.75) is 38.3 Å². The van der Waals surface area contributed by atoms with Crippen LogP contribution in [0, 0.1) is 6.92 Å². The number of hydrogen-bond acceptors (Lipinski definition) is 4. The smallest absolute Gasteiger partial charge is 0.264 e. The number of rotatable bonds is 10. The number of anilines is 1. The minimum atomic E-state index is -4.19.